The standard InChI is InChI=1S/C10H15FN2O/c1-8-6-12-10(14-8)3-5-13-4-2-9(11)7-13/h6,9H,2-5,7H2,1H3/t9-/m1/s1. The maximum atomic E-state index is 12.8. The topological polar surface area (TPSA) is 29.3 Å². The van der Waals surface area contributed by atoms with Gasteiger partial charge >= 0.3 is 0 Å². The molecular formula is C10H15FN2O. The number of oxazole rings is 1. The molecule has 3 nitrogen and oxygen atoms in total. The molecule has 0 bridgehead atoms. The molecule has 0 aliphatic carbocycles. The minimum absolute atomic E-state index is 0.569. The molecule has 1 aliphatic rings. The second-order valence-electron chi connectivity index (χ2n) is 3.80. The van der Waals surface area contributed by atoms with Gasteiger partial charge in [0.05, 0.1) is 6.20 Å². The van der Waals surface area contributed by atoms with Crippen LogP contribution in [0.4, 0.5) is 4.39 Å². The lowest BCUT2D eigenvalue weighted by molar-refractivity contribution is 0.283. The summed E-state index contributed by atoms with van der Waals surface area (Å²) in [5.74, 6) is 1.59. The van der Waals surface area contributed by atoms with E-state index in [2.05, 4.69) is 9.88 Å². The SMILES string of the molecule is Cc1cnc(CCN2CC[C@@H](F)C2)o1. The van der Waals surface area contributed by atoms with Crippen LogP contribution in [0.25, 0.3) is 0 Å². The highest BCUT2D eigenvalue weighted by Crippen LogP contribution is 2.12. The zero-order valence-electron chi connectivity index (χ0n) is 8.37. The van der Waals surface area contributed by atoms with Gasteiger partial charge in [-0.25, -0.2) is 9.37 Å². The van der Waals surface area contributed by atoms with Crippen LogP contribution in [0, 0.1) is 6.92 Å². The molecule has 0 amide bonds. The van der Waals surface area contributed by atoms with E-state index in [0.29, 0.717) is 13.0 Å². The minimum Gasteiger partial charge on any atom is -0.446 e. The maximum Gasteiger partial charge on any atom is 0.195 e. The van der Waals surface area contributed by atoms with Crippen molar-refractivity contribution in [3.63, 3.8) is 0 Å². The van der Waals surface area contributed by atoms with Crippen molar-refractivity contribution in [3.8, 4) is 0 Å². The first-order chi connectivity index (χ1) is 6.74. The van der Waals surface area contributed by atoms with E-state index >= 15 is 0 Å². The van der Waals surface area contributed by atoms with E-state index in [1.807, 2.05) is 6.92 Å². The average Bonchev–Trinajstić information content (AvgIpc) is 2.72. The molecule has 2 heterocycles. The molecule has 0 saturated carbocycles. The number of aromatic nitrogens is 1. The zero-order valence-corrected chi connectivity index (χ0v) is 8.37. The fourth-order valence-corrected chi connectivity index (χ4v) is 1.76. The van der Waals surface area contributed by atoms with Crippen molar-refractivity contribution < 1.29 is 8.81 Å². The van der Waals surface area contributed by atoms with Crippen molar-refractivity contribution in [1.29, 1.82) is 0 Å². The van der Waals surface area contributed by atoms with Crippen LogP contribution < -0.4 is 0 Å². The van der Waals surface area contributed by atoms with Crippen LogP contribution >= 0.6 is 0 Å². The fraction of sp³-hybridized carbons (Fsp3) is 0.700. The monoisotopic (exact) mass is 198 g/mol. The second-order valence-corrected chi connectivity index (χ2v) is 3.80. The van der Waals surface area contributed by atoms with Gasteiger partial charge in [0.15, 0.2) is 5.89 Å². The summed E-state index contributed by atoms with van der Waals surface area (Å²) >= 11 is 0. The number of rotatable bonds is 3. The van der Waals surface area contributed by atoms with E-state index in [4.69, 9.17) is 4.42 Å². The summed E-state index contributed by atoms with van der Waals surface area (Å²) in [5.41, 5.74) is 0. The van der Waals surface area contributed by atoms with Gasteiger partial charge in [-0.15, -0.1) is 0 Å². The molecule has 14 heavy (non-hydrogen) atoms. The average molecular weight is 198 g/mol. The third-order valence-corrected chi connectivity index (χ3v) is 2.53. The van der Waals surface area contributed by atoms with Crippen molar-refractivity contribution in [2.24, 2.45) is 0 Å². The van der Waals surface area contributed by atoms with Crippen molar-refractivity contribution in [1.82, 2.24) is 9.88 Å². The van der Waals surface area contributed by atoms with E-state index in [1.54, 1.807) is 6.20 Å². The smallest absolute Gasteiger partial charge is 0.195 e. The highest BCUT2D eigenvalue weighted by Gasteiger charge is 2.21. The van der Waals surface area contributed by atoms with Crippen molar-refractivity contribution in [2.45, 2.75) is 25.9 Å². The third kappa shape index (κ3) is 2.32. The van der Waals surface area contributed by atoms with Crippen molar-refractivity contribution >= 4 is 0 Å². The summed E-state index contributed by atoms with van der Waals surface area (Å²) in [4.78, 5) is 6.22. The minimum atomic E-state index is -0.638. The van der Waals surface area contributed by atoms with Crippen molar-refractivity contribution in [2.75, 3.05) is 19.6 Å². The Morgan fingerprint density at radius 2 is 2.57 bits per heavy atom. The first-order valence-corrected chi connectivity index (χ1v) is 5.02. The molecular weight excluding hydrogens is 183 g/mol. The highest BCUT2D eigenvalue weighted by atomic mass is 19.1. The Balaban J connectivity index is 1.77. The Bertz CT molecular complexity index is 300. The predicted molar refractivity (Wildman–Crippen MR) is 50.9 cm³/mol. The Hall–Kier alpha value is -0.900. The molecule has 0 spiro atoms. The Morgan fingerprint density at radius 1 is 1.71 bits per heavy atom. The lowest BCUT2D eigenvalue weighted by Crippen LogP contribution is -2.23. The number of aryl methyl sites for hydroxylation is 1. The van der Waals surface area contributed by atoms with Crippen LogP contribution in [-0.2, 0) is 6.42 Å². The predicted octanol–water partition coefficient (Wildman–Crippen LogP) is 1.57. The second kappa shape index (κ2) is 4.09. The van der Waals surface area contributed by atoms with Crippen molar-refractivity contribution in [3.05, 3.63) is 17.8 Å². The first-order valence-electron chi connectivity index (χ1n) is 5.02. The number of nitrogens with zero attached hydrogens (tertiary/aromatic N) is 2. The summed E-state index contributed by atoms with van der Waals surface area (Å²) in [6.45, 7) is 4.16. The lowest BCUT2D eigenvalue weighted by Gasteiger charge is -2.12. The molecule has 78 valence electrons. The molecule has 0 unspecified atom stereocenters. The summed E-state index contributed by atoms with van der Waals surface area (Å²) in [5, 5.41) is 0. The van der Waals surface area contributed by atoms with Crippen LogP contribution in [0.1, 0.15) is 18.1 Å². The number of hydrogen-bond acceptors (Lipinski definition) is 3. The van der Waals surface area contributed by atoms with Crippen LogP contribution in [-0.4, -0.2) is 35.7 Å². The van der Waals surface area contributed by atoms with Gasteiger partial charge in [-0.05, 0) is 13.3 Å². The van der Waals surface area contributed by atoms with Crippen LogP contribution in [0.2, 0.25) is 0 Å². The van der Waals surface area contributed by atoms with Crippen LogP contribution in [0.5, 0.6) is 0 Å². The molecule has 1 aromatic heterocycles. The van der Waals surface area contributed by atoms with Gasteiger partial charge < -0.3 is 4.42 Å². The van der Waals surface area contributed by atoms with Gasteiger partial charge in [-0.2, -0.15) is 0 Å². The molecule has 1 saturated heterocycles. The van der Waals surface area contributed by atoms with E-state index in [9.17, 15) is 4.39 Å². The van der Waals surface area contributed by atoms with E-state index in [-0.39, 0.29) is 0 Å². The Labute approximate surface area is 82.9 Å². The van der Waals surface area contributed by atoms with Crippen LogP contribution in [0.3, 0.4) is 0 Å². The summed E-state index contributed by atoms with van der Waals surface area (Å²) < 4.78 is 18.2. The molecule has 0 radical (unpaired) electrons. The lowest BCUT2D eigenvalue weighted by atomic mass is 10.3. The number of alkyl halides is 1. The van der Waals surface area contributed by atoms with Gasteiger partial charge in [-0.3, -0.25) is 4.90 Å². The third-order valence-electron chi connectivity index (χ3n) is 2.53. The Morgan fingerprint density at radius 3 is 3.14 bits per heavy atom. The first kappa shape index (κ1) is 9.65. The van der Waals surface area contributed by atoms with Gasteiger partial charge in [-0.1, -0.05) is 0 Å². The number of halogens is 1. The number of likely N-dealkylation sites (tertiary alicyclic amines) is 1. The molecule has 4 heteroatoms. The normalized spacial score (nSPS) is 23.1. The van der Waals surface area contributed by atoms with Gasteiger partial charge in [0, 0.05) is 26.1 Å². The number of hydrogen-bond donors (Lipinski definition) is 0. The van der Waals surface area contributed by atoms with Gasteiger partial charge in [0.25, 0.3) is 0 Å². The van der Waals surface area contributed by atoms with Crippen LogP contribution in [0.15, 0.2) is 10.6 Å². The molecule has 1 atom stereocenters. The molecule has 1 fully saturated rings. The molecule has 0 N–H and O–H groups in total. The Kier molecular flexibility index (Phi) is 2.82. The fourth-order valence-electron chi connectivity index (χ4n) is 1.76. The summed E-state index contributed by atoms with van der Waals surface area (Å²) in [7, 11) is 0. The highest BCUT2D eigenvalue weighted by molar-refractivity contribution is 4.91. The largest absolute Gasteiger partial charge is 0.446 e. The van der Waals surface area contributed by atoms with E-state index in [1.165, 1.54) is 0 Å². The summed E-state index contributed by atoms with van der Waals surface area (Å²) in [6.07, 6.45) is 2.53. The quantitative estimate of drug-likeness (QED) is 0.738. The molecule has 1 aliphatic heterocycles. The zero-order chi connectivity index (χ0) is 9.97. The molecule has 1 aromatic rings. The molecule has 0 aromatic carbocycles. The van der Waals surface area contributed by atoms with Gasteiger partial charge in [0.2, 0.25) is 0 Å². The van der Waals surface area contributed by atoms with E-state index < -0.39 is 6.17 Å². The summed E-state index contributed by atoms with van der Waals surface area (Å²) in [6, 6.07) is 0. The molecule has 2 rings (SSSR count). The van der Waals surface area contributed by atoms with Gasteiger partial charge in [0.1, 0.15) is 11.9 Å². The van der Waals surface area contributed by atoms with E-state index in [0.717, 1.165) is 31.2 Å². The maximum absolute atomic E-state index is 12.8.